The lowest BCUT2D eigenvalue weighted by molar-refractivity contribution is -0.118. The minimum Gasteiger partial charge on any atom is -0.343 e. The van der Waals surface area contributed by atoms with E-state index in [1.165, 1.54) is 4.57 Å². The van der Waals surface area contributed by atoms with Gasteiger partial charge in [0.15, 0.2) is 0 Å². The Labute approximate surface area is 145 Å². The highest BCUT2D eigenvalue weighted by atomic mass is 16.2. The first-order valence-electron chi connectivity index (χ1n) is 8.25. The summed E-state index contributed by atoms with van der Waals surface area (Å²) in [5.74, 6) is 0.260. The first-order valence-corrected chi connectivity index (χ1v) is 8.25. The fraction of sp³-hybridized carbons (Fsp3) is 0.316. The van der Waals surface area contributed by atoms with Gasteiger partial charge in [0.05, 0.1) is 5.39 Å². The summed E-state index contributed by atoms with van der Waals surface area (Å²) < 4.78 is 1.44. The molecule has 2 heterocycles. The van der Waals surface area contributed by atoms with Crippen LogP contribution in [-0.2, 0) is 4.79 Å². The Hall–Kier alpha value is -2.89. The highest BCUT2D eigenvalue weighted by molar-refractivity contribution is 5.94. The van der Waals surface area contributed by atoms with Gasteiger partial charge >= 0.3 is 0 Å². The van der Waals surface area contributed by atoms with Gasteiger partial charge in [0, 0.05) is 11.4 Å². The normalized spacial score (nSPS) is 12.4. The number of fused-ring (bicyclic) bond motifs is 1. The number of benzene rings is 1. The van der Waals surface area contributed by atoms with Crippen LogP contribution in [0.3, 0.4) is 0 Å². The highest BCUT2D eigenvalue weighted by Gasteiger charge is 2.21. The van der Waals surface area contributed by atoms with Gasteiger partial charge in [-0.2, -0.15) is 0 Å². The molecule has 0 aliphatic rings. The number of rotatable bonds is 3. The summed E-state index contributed by atoms with van der Waals surface area (Å²) >= 11 is 0. The van der Waals surface area contributed by atoms with E-state index in [2.05, 4.69) is 15.3 Å². The van der Waals surface area contributed by atoms with Crippen molar-refractivity contribution < 1.29 is 4.79 Å². The standard InChI is InChI=1S/C19H22N4O2/c1-10-7-6-8-16(12(10)3)22-18(24)13(4)23-14(5)21-17-15(19(23)25)9-11(2)20-17/h6-9,13,20H,1-5H3,(H,22,24). The maximum absolute atomic E-state index is 12.8. The predicted octanol–water partition coefficient (Wildman–Crippen LogP) is 3.16. The van der Waals surface area contributed by atoms with Crippen LogP contribution in [0.15, 0.2) is 29.1 Å². The zero-order chi connectivity index (χ0) is 18.3. The van der Waals surface area contributed by atoms with E-state index in [0.29, 0.717) is 16.9 Å². The molecule has 0 saturated carbocycles. The Morgan fingerprint density at radius 2 is 1.96 bits per heavy atom. The van der Waals surface area contributed by atoms with Crippen LogP contribution in [0.2, 0.25) is 0 Å². The van der Waals surface area contributed by atoms with Gasteiger partial charge in [-0.05, 0) is 57.9 Å². The van der Waals surface area contributed by atoms with Crippen LogP contribution in [0.25, 0.3) is 11.0 Å². The quantitative estimate of drug-likeness (QED) is 0.770. The number of hydrogen-bond acceptors (Lipinski definition) is 3. The molecular formula is C19H22N4O2. The van der Waals surface area contributed by atoms with Crippen LogP contribution >= 0.6 is 0 Å². The number of nitrogens with one attached hydrogen (secondary N) is 2. The second-order valence-electron chi connectivity index (χ2n) is 6.46. The second-order valence-corrected chi connectivity index (χ2v) is 6.46. The summed E-state index contributed by atoms with van der Waals surface area (Å²) in [5, 5.41) is 3.42. The van der Waals surface area contributed by atoms with Crippen molar-refractivity contribution >= 4 is 22.6 Å². The third kappa shape index (κ3) is 2.95. The summed E-state index contributed by atoms with van der Waals surface area (Å²) in [6.45, 7) is 9.27. The molecule has 1 amide bonds. The molecule has 6 heteroatoms. The van der Waals surface area contributed by atoms with Crippen molar-refractivity contribution in [3.05, 3.63) is 57.3 Å². The maximum atomic E-state index is 12.8. The van der Waals surface area contributed by atoms with Gasteiger partial charge in [-0.3, -0.25) is 14.2 Å². The van der Waals surface area contributed by atoms with E-state index < -0.39 is 6.04 Å². The monoisotopic (exact) mass is 338 g/mol. The summed E-state index contributed by atoms with van der Waals surface area (Å²) in [6.07, 6.45) is 0. The lowest BCUT2D eigenvalue weighted by Gasteiger charge is -2.18. The van der Waals surface area contributed by atoms with Gasteiger partial charge in [-0.1, -0.05) is 12.1 Å². The largest absolute Gasteiger partial charge is 0.343 e. The van der Waals surface area contributed by atoms with Crippen molar-refractivity contribution in [3.8, 4) is 0 Å². The molecule has 25 heavy (non-hydrogen) atoms. The highest BCUT2D eigenvalue weighted by Crippen LogP contribution is 2.20. The average molecular weight is 338 g/mol. The summed E-state index contributed by atoms with van der Waals surface area (Å²) in [4.78, 5) is 33.0. The van der Waals surface area contributed by atoms with Gasteiger partial charge < -0.3 is 10.3 Å². The van der Waals surface area contributed by atoms with Crippen molar-refractivity contribution in [1.29, 1.82) is 0 Å². The minimum atomic E-state index is -0.667. The molecule has 1 aromatic carbocycles. The molecule has 0 saturated heterocycles. The zero-order valence-electron chi connectivity index (χ0n) is 15.1. The number of carbonyl (C=O) groups excluding carboxylic acids is 1. The number of H-pyrrole nitrogens is 1. The molecule has 1 unspecified atom stereocenters. The summed E-state index contributed by atoms with van der Waals surface area (Å²) in [6, 6.07) is 6.85. The lowest BCUT2D eigenvalue weighted by atomic mass is 10.1. The maximum Gasteiger partial charge on any atom is 0.263 e. The molecule has 3 aromatic rings. The van der Waals surface area contributed by atoms with Crippen LogP contribution in [0.4, 0.5) is 5.69 Å². The number of hydrogen-bond donors (Lipinski definition) is 2. The smallest absolute Gasteiger partial charge is 0.263 e. The molecule has 130 valence electrons. The number of aromatic nitrogens is 3. The van der Waals surface area contributed by atoms with Crippen molar-refractivity contribution in [2.75, 3.05) is 5.32 Å². The lowest BCUT2D eigenvalue weighted by Crippen LogP contribution is -2.33. The number of aryl methyl sites for hydroxylation is 3. The molecule has 0 fully saturated rings. The van der Waals surface area contributed by atoms with Crippen LogP contribution in [0, 0.1) is 27.7 Å². The van der Waals surface area contributed by atoms with Gasteiger partial charge in [0.2, 0.25) is 5.91 Å². The molecule has 2 aromatic heterocycles. The van der Waals surface area contributed by atoms with Gasteiger partial charge in [0.25, 0.3) is 5.56 Å². The van der Waals surface area contributed by atoms with E-state index in [0.717, 1.165) is 22.5 Å². The molecule has 3 rings (SSSR count). The third-order valence-electron chi connectivity index (χ3n) is 4.63. The predicted molar refractivity (Wildman–Crippen MR) is 99.1 cm³/mol. The van der Waals surface area contributed by atoms with Crippen LogP contribution in [0.1, 0.15) is 35.6 Å². The van der Waals surface area contributed by atoms with E-state index in [4.69, 9.17) is 0 Å². The van der Waals surface area contributed by atoms with E-state index in [1.54, 1.807) is 19.9 Å². The van der Waals surface area contributed by atoms with Crippen molar-refractivity contribution in [2.24, 2.45) is 0 Å². The fourth-order valence-electron chi connectivity index (χ4n) is 3.02. The van der Waals surface area contributed by atoms with E-state index in [-0.39, 0.29) is 11.5 Å². The molecule has 0 aliphatic heterocycles. The number of aromatic amines is 1. The average Bonchev–Trinajstić information content (AvgIpc) is 2.92. The fourth-order valence-corrected chi connectivity index (χ4v) is 3.02. The summed E-state index contributed by atoms with van der Waals surface area (Å²) in [5.41, 5.74) is 4.08. The van der Waals surface area contributed by atoms with Gasteiger partial charge in [-0.15, -0.1) is 0 Å². The first-order chi connectivity index (χ1) is 11.8. The van der Waals surface area contributed by atoms with Crippen LogP contribution in [-0.4, -0.2) is 20.4 Å². The van der Waals surface area contributed by atoms with Crippen molar-refractivity contribution in [3.63, 3.8) is 0 Å². The Kier molecular flexibility index (Phi) is 4.20. The molecule has 1 atom stereocenters. The number of amides is 1. The van der Waals surface area contributed by atoms with E-state index >= 15 is 0 Å². The van der Waals surface area contributed by atoms with E-state index in [1.807, 2.05) is 39.0 Å². The van der Waals surface area contributed by atoms with Crippen LogP contribution in [0.5, 0.6) is 0 Å². The number of carbonyl (C=O) groups is 1. The number of nitrogens with zero attached hydrogens (tertiary/aromatic N) is 2. The van der Waals surface area contributed by atoms with Crippen molar-refractivity contribution in [1.82, 2.24) is 14.5 Å². The molecule has 0 spiro atoms. The van der Waals surface area contributed by atoms with E-state index in [9.17, 15) is 9.59 Å². The Bertz CT molecular complexity index is 1030. The Morgan fingerprint density at radius 3 is 2.68 bits per heavy atom. The molecular weight excluding hydrogens is 316 g/mol. The SMILES string of the molecule is Cc1cc2c(=O)n(C(C)C(=O)Nc3cccc(C)c3C)c(C)nc2[nH]1. The molecule has 0 radical (unpaired) electrons. The second kappa shape index (κ2) is 6.20. The number of anilines is 1. The topological polar surface area (TPSA) is 79.8 Å². The molecule has 6 nitrogen and oxygen atoms in total. The third-order valence-corrected chi connectivity index (χ3v) is 4.63. The summed E-state index contributed by atoms with van der Waals surface area (Å²) in [7, 11) is 0. The Balaban J connectivity index is 1.99. The zero-order valence-corrected chi connectivity index (χ0v) is 15.1. The minimum absolute atomic E-state index is 0.213. The molecule has 0 aliphatic carbocycles. The Morgan fingerprint density at radius 1 is 1.24 bits per heavy atom. The molecule has 0 bridgehead atoms. The molecule has 2 N–H and O–H groups in total. The van der Waals surface area contributed by atoms with Gasteiger partial charge in [-0.25, -0.2) is 4.98 Å². The van der Waals surface area contributed by atoms with Crippen molar-refractivity contribution in [2.45, 2.75) is 40.7 Å². The van der Waals surface area contributed by atoms with Crippen LogP contribution < -0.4 is 10.9 Å². The van der Waals surface area contributed by atoms with Gasteiger partial charge in [0.1, 0.15) is 17.5 Å². The first kappa shape index (κ1) is 17.0.